The molecule has 3 atom stereocenters. The Morgan fingerprint density at radius 2 is 1.67 bits per heavy atom. The Hall–Kier alpha value is -2.88. The molecule has 194 valence electrons. The minimum atomic E-state index is -2.56. The molecule has 2 N–H and O–H groups in total. The van der Waals surface area contributed by atoms with Gasteiger partial charge in [-0.15, -0.1) is 0 Å². The lowest BCUT2D eigenvalue weighted by molar-refractivity contribution is -0.136. The van der Waals surface area contributed by atoms with Crippen LogP contribution in [-0.4, -0.2) is 65.7 Å². The first-order chi connectivity index (χ1) is 17.1. The first-order valence-electron chi connectivity index (χ1n) is 12.9. The summed E-state index contributed by atoms with van der Waals surface area (Å²) in [5.74, 6) is -4.65. The van der Waals surface area contributed by atoms with Gasteiger partial charge in [0.15, 0.2) is 0 Å². The minimum absolute atomic E-state index is 0.0740. The normalized spacial score (nSPS) is 28.8. The quantitative estimate of drug-likeness (QED) is 0.601. The molecule has 1 unspecified atom stereocenters. The second kappa shape index (κ2) is 9.53. The largest absolute Gasteiger partial charge is 0.370 e. The first kappa shape index (κ1) is 24.8. The molecule has 10 heteroatoms. The molecule has 5 rings (SSSR count). The van der Waals surface area contributed by atoms with Gasteiger partial charge < -0.3 is 10.2 Å². The number of halogens is 2. The van der Waals surface area contributed by atoms with E-state index in [2.05, 4.69) is 15.5 Å². The molecule has 2 heterocycles. The lowest BCUT2D eigenvalue weighted by Gasteiger charge is -2.42. The van der Waals surface area contributed by atoms with Crippen LogP contribution in [0.1, 0.15) is 84.9 Å². The summed E-state index contributed by atoms with van der Waals surface area (Å²) in [6.07, 6.45) is 4.97. The predicted molar refractivity (Wildman–Crippen MR) is 128 cm³/mol. The summed E-state index contributed by atoms with van der Waals surface area (Å²) in [4.78, 5) is 53.1. The maximum Gasteiger partial charge on any atom is 0.262 e. The van der Waals surface area contributed by atoms with Crippen molar-refractivity contribution in [3.63, 3.8) is 0 Å². The van der Waals surface area contributed by atoms with Crippen molar-refractivity contribution in [1.29, 1.82) is 0 Å². The Bertz CT molecular complexity index is 1080. The standard InChI is InChI=1S/C26H32F2N4O4/c1-31(20-5-3-2-4-19(20)29-15-10-12-26(27,28)13-11-15)16-6-7-17-18(14-16)25(36)32(24(17)35)21-8-9-22(33)30-23(21)34/h6-7,14-15,19-21,29H,2-5,8-13H2,1H3,(H,30,33,34)/t19-,20-,21?/m0/s1. The smallest absolute Gasteiger partial charge is 0.262 e. The molecule has 2 saturated carbocycles. The fraction of sp³-hybridized carbons (Fsp3) is 0.615. The number of fused-ring (bicyclic) bond motifs is 1. The van der Waals surface area contributed by atoms with Crippen molar-refractivity contribution in [2.45, 2.75) is 94.3 Å². The number of piperidine rings is 1. The number of nitrogens with zero attached hydrogens (tertiary/aromatic N) is 2. The highest BCUT2D eigenvalue weighted by molar-refractivity contribution is 6.23. The van der Waals surface area contributed by atoms with E-state index in [0.29, 0.717) is 12.8 Å². The summed E-state index contributed by atoms with van der Waals surface area (Å²) in [7, 11) is 1.96. The highest BCUT2D eigenvalue weighted by atomic mass is 19.3. The van der Waals surface area contributed by atoms with E-state index in [1.807, 2.05) is 13.1 Å². The van der Waals surface area contributed by atoms with E-state index in [-0.39, 0.29) is 54.9 Å². The van der Waals surface area contributed by atoms with Crippen molar-refractivity contribution in [1.82, 2.24) is 15.5 Å². The molecule has 0 spiro atoms. The molecule has 0 radical (unpaired) electrons. The predicted octanol–water partition coefficient (Wildman–Crippen LogP) is 3.00. The van der Waals surface area contributed by atoms with Crippen molar-refractivity contribution in [2.75, 3.05) is 11.9 Å². The third-order valence-corrected chi connectivity index (χ3v) is 8.22. The summed E-state index contributed by atoms with van der Waals surface area (Å²) in [5, 5.41) is 5.86. The lowest BCUT2D eigenvalue weighted by atomic mass is 9.86. The van der Waals surface area contributed by atoms with Crippen LogP contribution in [0.5, 0.6) is 0 Å². The van der Waals surface area contributed by atoms with Crippen LogP contribution in [0.3, 0.4) is 0 Å². The summed E-state index contributed by atoms with van der Waals surface area (Å²) >= 11 is 0. The minimum Gasteiger partial charge on any atom is -0.370 e. The van der Waals surface area contributed by atoms with Gasteiger partial charge in [-0.25, -0.2) is 8.78 Å². The monoisotopic (exact) mass is 502 g/mol. The van der Waals surface area contributed by atoms with E-state index in [1.165, 1.54) is 0 Å². The average Bonchev–Trinajstić information content (AvgIpc) is 3.10. The molecule has 4 amide bonds. The number of hydrogen-bond acceptors (Lipinski definition) is 6. The first-order valence-corrected chi connectivity index (χ1v) is 12.9. The molecular formula is C26H32F2N4O4. The summed E-state index contributed by atoms with van der Waals surface area (Å²) < 4.78 is 27.2. The van der Waals surface area contributed by atoms with Crippen molar-refractivity contribution in [3.05, 3.63) is 29.3 Å². The molecule has 4 aliphatic rings. The number of amides is 4. The van der Waals surface area contributed by atoms with Gasteiger partial charge in [0, 0.05) is 50.1 Å². The topological polar surface area (TPSA) is 98.8 Å². The number of likely N-dealkylation sites (N-methyl/N-ethyl adjacent to an activating group) is 1. The molecule has 3 fully saturated rings. The molecule has 2 aliphatic carbocycles. The Morgan fingerprint density at radius 3 is 2.39 bits per heavy atom. The van der Waals surface area contributed by atoms with Crippen molar-refractivity contribution in [3.8, 4) is 0 Å². The zero-order valence-corrected chi connectivity index (χ0v) is 20.4. The zero-order chi connectivity index (χ0) is 25.6. The Labute approximate surface area is 208 Å². The number of anilines is 1. The molecule has 0 bridgehead atoms. The third kappa shape index (κ3) is 4.63. The maximum atomic E-state index is 13.6. The van der Waals surface area contributed by atoms with E-state index >= 15 is 0 Å². The van der Waals surface area contributed by atoms with E-state index in [1.54, 1.807) is 12.1 Å². The van der Waals surface area contributed by atoms with Crippen LogP contribution in [0.15, 0.2) is 18.2 Å². The SMILES string of the molecule is CN(c1ccc2c(c1)C(=O)N(C1CCC(=O)NC1=O)C2=O)[C@H]1CCCC[C@@H]1NC1CCC(F)(F)CC1. The molecular weight excluding hydrogens is 470 g/mol. The number of hydrogen-bond donors (Lipinski definition) is 2. The van der Waals surface area contributed by atoms with Crippen LogP contribution in [-0.2, 0) is 9.59 Å². The Balaban J connectivity index is 1.32. The van der Waals surface area contributed by atoms with Crippen LogP contribution in [0.4, 0.5) is 14.5 Å². The van der Waals surface area contributed by atoms with Crippen molar-refractivity contribution >= 4 is 29.3 Å². The van der Waals surface area contributed by atoms with Gasteiger partial charge in [0.05, 0.1) is 11.1 Å². The van der Waals surface area contributed by atoms with Gasteiger partial charge in [-0.2, -0.15) is 0 Å². The molecule has 2 aliphatic heterocycles. The van der Waals surface area contributed by atoms with Crippen LogP contribution in [0, 0.1) is 0 Å². The van der Waals surface area contributed by atoms with Gasteiger partial charge in [-0.3, -0.25) is 29.4 Å². The number of nitrogens with one attached hydrogen (secondary N) is 2. The number of carbonyl (C=O) groups excluding carboxylic acids is 4. The summed E-state index contributed by atoms with van der Waals surface area (Å²) in [6, 6.07) is 4.49. The van der Waals surface area contributed by atoms with Crippen LogP contribution < -0.4 is 15.5 Å². The van der Waals surface area contributed by atoms with Gasteiger partial charge in [-0.05, 0) is 50.3 Å². The summed E-state index contributed by atoms with van der Waals surface area (Å²) in [5.41, 5.74) is 1.29. The zero-order valence-electron chi connectivity index (χ0n) is 20.4. The van der Waals surface area contributed by atoms with Gasteiger partial charge in [0.25, 0.3) is 11.8 Å². The van der Waals surface area contributed by atoms with E-state index < -0.39 is 35.6 Å². The van der Waals surface area contributed by atoms with E-state index in [4.69, 9.17) is 0 Å². The lowest BCUT2D eigenvalue weighted by Crippen LogP contribution is -2.54. The fourth-order valence-corrected chi connectivity index (χ4v) is 6.15. The second-order valence-electron chi connectivity index (χ2n) is 10.5. The molecule has 1 saturated heterocycles. The van der Waals surface area contributed by atoms with E-state index in [0.717, 1.165) is 36.3 Å². The summed E-state index contributed by atoms with van der Waals surface area (Å²) in [6.45, 7) is 0. The molecule has 8 nitrogen and oxygen atoms in total. The molecule has 36 heavy (non-hydrogen) atoms. The van der Waals surface area contributed by atoms with Crippen LogP contribution >= 0.6 is 0 Å². The number of carbonyl (C=O) groups is 4. The van der Waals surface area contributed by atoms with Crippen LogP contribution in [0.2, 0.25) is 0 Å². The Kier molecular flexibility index (Phi) is 6.57. The highest BCUT2D eigenvalue weighted by Crippen LogP contribution is 2.36. The Morgan fingerprint density at radius 1 is 0.972 bits per heavy atom. The van der Waals surface area contributed by atoms with Gasteiger partial charge in [-0.1, -0.05) is 12.8 Å². The molecule has 0 aromatic heterocycles. The van der Waals surface area contributed by atoms with Crippen molar-refractivity contribution in [2.24, 2.45) is 0 Å². The van der Waals surface area contributed by atoms with Crippen molar-refractivity contribution < 1.29 is 28.0 Å². The molecule has 1 aromatic rings. The average molecular weight is 503 g/mol. The molecule has 1 aromatic carbocycles. The number of benzene rings is 1. The van der Waals surface area contributed by atoms with Crippen LogP contribution in [0.25, 0.3) is 0 Å². The maximum absolute atomic E-state index is 13.6. The fourth-order valence-electron chi connectivity index (χ4n) is 6.15. The van der Waals surface area contributed by atoms with Gasteiger partial charge >= 0.3 is 0 Å². The third-order valence-electron chi connectivity index (χ3n) is 8.22. The number of imide groups is 2. The number of rotatable bonds is 5. The highest BCUT2D eigenvalue weighted by Gasteiger charge is 2.45. The number of alkyl halides is 2. The van der Waals surface area contributed by atoms with E-state index in [9.17, 15) is 28.0 Å². The van der Waals surface area contributed by atoms with Gasteiger partial charge in [0.1, 0.15) is 6.04 Å². The van der Waals surface area contributed by atoms with Gasteiger partial charge in [0.2, 0.25) is 17.7 Å². The second-order valence-corrected chi connectivity index (χ2v) is 10.5.